The van der Waals surface area contributed by atoms with Crippen LogP contribution in [0.4, 0.5) is 11.4 Å². The van der Waals surface area contributed by atoms with Crippen LogP contribution in [0, 0.1) is 0 Å². The Kier molecular flexibility index (Phi) is 5.89. The molecule has 25 heavy (non-hydrogen) atoms. The zero-order valence-corrected chi connectivity index (χ0v) is 16.0. The molecule has 1 aromatic carbocycles. The summed E-state index contributed by atoms with van der Waals surface area (Å²) >= 11 is 1.76. The van der Waals surface area contributed by atoms with Crippen LogP contribution in [0.25, 0.3) is 0 Å². The zero-order chi connectivity index (χ0) is 17.8. The molecule has 2 aliphatic rings. The highest BCUT2D eigenvalue weighted by atomic mass is 32.2. The van der Waals surface area contributed by atoms with E-state index < -0.39 is 0 Å². The summed E-state index contributed by atoms with van der Waals surface area (Å²) in [4.78, 5) is 21.4. The monoisotopic (exact) mass is 360 g/mol. The first-order chi connectivity index (χ1) is 12.1. The first-order valence-corrected chi connectivity index (χ1v) is 10.1. The van der Waals surface area contributed by atoms with Crippen molar-refractivity contribution in [2.45, 2.75) is 57.7 Å². The van der Waals surface area contributed by atoms with Crippen LogP contribution in [0.3, 0.4) is 0 Å². The van der Waals surface area contributed by atoms with E-state index in [2.05, 4.69) is 4.90 Å². The van der Waals surface area contributed by atoms with E-state index in [1.165, 1.54) is 38.5 Å². The Hall–Kier alpha value is -1.69. The van der Waals surface area contributed by atoms with Crippen molar-refractivity contribution >= 4 is 34.2 Å². The Labute approximate surface area is 154 Å². The molecule has 2 N–H and O–H groups in total. The number of anilines is 2. The standard InChI is InChI=1S/C19H28N4OS/c1-14(24)23(17-11-9-15(20)10-12-17)18-13-25-19(22(18)2)21-16-7-5-3-4-6-8-16/h9-12,16,18H,3-8,13,20H2,1-2H3. The number of hydrogen-bond acceptors (Lipinski definition) is 4. The summed E-state index contributed by atoms with van der Waals surface area (Å²) in [6.07, 6.45) is 7.61. The third-order valence-corrected chi connectivity index (χ3v) is 6.15. The smallest absolute Gasteiger partial charge is 0.225 e. The van der Waals surface area contributed by atoms with Crippen LogP contribution >= 0.6 is 11.8 Å². The van der Waals surface area contributed by atoms with Crippen LogP contribution in [-0.2, 0) is 4.79 Å². The van der Waals surface area contributed by atoms with Crippen molar-refractivity contribution in [2.75, 3.05) is 23.4 Å². The number of benzene rings is 1. The van der Waals surface area contributed by atoms with E-state index in [0.717, 1.165) is 16.6 Å². The fourth-order valence-corrected chi connectivity index (χ4v) is 4.83. The molecule has 136 valence electrons. The molecular weight excluding hydrogens is 332 g/mol. The summed E-state index contributed by atoms with van der Waals surface area (Å²) < 4.78 is 0. The van der Waals surface area contributed by atoms with Crippen LogP contribution in [0.5, 0.6) is 0 Å². The number of nitrogens with zero attached hydrogens (tertiary/aromatic N) is 3. The average molecular weight is 361 g/mol. The number of nitrogens with two attached hydrogens (primary N) is 1. The Morgan fingerprint density at radius 1 is 1.20 bits per heavy atom. The maximum Gasteiger partial charge on any atom is 0.225 e. The van der Waals surface area contributed by atoms with Gasteiger partial charge in [-0.2, -0.15) is 0 Å². The minimum atomic E-state index is -0.00403. The molecule has 0 radical (unpaired) electrons. The van der Waals surface area contributed by atoms with Gasteiger partial charge in [0.1, 0.15) is 6.17 Å². The zero-order valence-electron chi connectivity index (χ0n) is 15.1. The third kappa shape index (κ3) is 4.29. The number of thioether (sulfide) groups is 1. The maximum absolute atomic E-state index is 12.3. The van der Waals surface area contributed by atoms with E-state index in [4.69, 9.17) is 10.7 Å². The van der Waals surface area contributed by atoms with Crippen molar-refractivity contribution < 1.29 is 4.79 Å². The van der Waals surface area contributed by atoms with E-state index in [1.54, 1.807) is 18.7 Å². The molecular formula is C19H28N4OS. The summed E-state index contributed by atoms with van der Waals surface area (Å²) in [7, 11) is 2.05. The first kappa shape index (κ1) is 18.1. The largest absolute Gasteiger partial charge is 0.399 e. The SMILES string of the molecule is CC(=O)N(c1ccc(N)cc1)C1CSC(=NC2CCCCCC2)N1C. The molecule has 1 amide bonds. The lowest BCUT2D eigenvalue weighted by Gasteiger charge is -2.33. The number of amidine groups is 1. The molecule has 3 rings (SSSR count). The van der Waals surface area contributed by atoms with Gasteiger partial charge >= 0.3 is 0 Å². The highest BCUT2D eigenvalue weighted by molar-refractivity contribution is 8.14. The fraction of sp³-hybridized carbons (Fsp3) is 0.579. The second kappa shape index (κ2) is 8.13. The molecule has 1 saturated carbocycles. The van der Waals surface area contributed by atoms with Gasteiger partial charge in [-0.1, -0.05) is 37.4 Å². The molecule has 1 aliphatic heterocycles. The number of aliphatic imine (C=N–C) groups is 1. The van der Waals surface area contributed by atoms with Crippen molar-refractivity contribution in [3.63, 3.8) is 0 Å². The first-order valence-electron chi connectivity index (χ1n) is 9.15. The van der Waals surface area contributed by atoms with Crippen molar-refractivity contribution in [2.24, 2.45) is 4.99 Å². The topological polar surface area (TPSA) is 61.9 Å². The Bertz CT molecular complexity index is 623. The van der Waals surface area contributed by atoms with Gasteiger partial charge in [0.2, 0.25) is 5.91 Å². The Morgan fingerprint density at radius 3 is 2.44 bits per heavy atom. The van der Waals surface area contributed by atoms with Gasteiger partial charge in [0.15, 0.2) is 5.17 Å². The van der Waals surface area contributed by atoms with Crippen molar-refractivity contribution in [3.8, 4) is 0 Å². The van der Waals surface area contributed by atoms with Crippen LogP contribution in [0.1, 0.15) is 45.4 Å². The summed E-state index contributed by atoms with van der Waals surface area (Å²) in [5, 5.41) is 1.07. The van der Waals surface area contributed by atoms with Gasteiger partial charge in [-0.05, 0) is 37.1 Å². The molecule has 5 nitrogen and oxygen atoms in total. The minimum absolute atomic E-state index is 0.00403. The van der Waals surface area contributed by atoms with E-state index in [1.807, 2.05) is 36.2 Å². The van der Waals surface area contributed by atoms with Crippen LogP contribution in [0.2, 0.25) is 0 Å². The van der Waals surface area contributed by atoms with Gasteiger partial charge in [-0.25, -0.2) is 0 Å². The van der Waals surface area contributed by atoms with Gasteiger partial charge in [-0.15, -0.1) is 0 Å². The highest BCUT2D eigenvalue weighted by Crippen LogP contribution is 2.31. The van der Waals surface area contributed by atoms with Crippen LogP contribution in [0.15, 0.2) is 29.3 Å². The molecule has 1 atom stereocenters. The maximum atomic E-state index is 12.3. The van der Waals surface area contributed by atoms with Gasteiger partial charge in [0.25, 0.3) is 0 Å². The molecule has 6 heteroatoms. The second-order valence-corrected chi connectivity index (χ2v) is 7.93. The van der Waals surface area contributed by atoms with Crippen LogP contribution in [-0.4, -0.2) is 41.0 Å². The number of rotatable bonds is 3. The molecule has 0 spiro atoms. The highest BCUT2D eigenvalue weighted by Gasteiger charge is 2.34. The molecule has 0 bridgehead atoms. The summed E-state index contributed by atoms with van der Waals surface area (Å²) in [6, 6.07) is 7.95. The predicted molar refractivity (Wildman–Crippen MR) is 107 cm³/mol. The quantitative estimate of drug-likeness (QED) is 0.659. The summed E-state index contributed by atoms with van der Waals surface area (Å²) in [5.74, 6) is 0.879. The lowest BCUT2D eigenvalue weighted by Crippen LogP contribution is -2.48. The normalized spacial score (nSPS) is 23.7. The lowest BCUT2D eigenvalue weighted by molar-refractivity contribution is -0.117. The number of carbonyl (C=O) groups is 1. The van der Waals surface area contributed by atoms with E-state index in [-0.39, 0.29) is 12.1 Å². The van der Waals surface area contributed by atoms with Gasteiger partial charge in [0, 0.05) is 31.1 Å². The van der Waals surface area contributed by atoms with Gasteiger partial charge in [-0.3, -0.25) is 14.7 Å². The van der Waals surface area contributed by atoms with Crippen LogP contribution < -0.4 is 10.6 Å². The fourth-order valence-electron chi connectivity index (χ4n) is 3.61. The molecule has 1 saturated heterocycles. The number of hydrogen-bond donors (Lipinski definition) is 1. The van der Waals surface area contributed by atoms with Gasteiger partial charge < -0.3 is 10.6 Å². The lowest BCUT2D eigenvalue weighted by atomic mass is 10.1. The van der Waals surface area contributed by atoms with E-state index in [0.29, 0.717) is 11.7 Å². The molecule has 1 heterocycles. The Balaban J connectivity index is 1.77. The van der Waals surface area contributed by atoms with Gasteiger partial charge in [0.05, 0.1) is 6.04 Å². The van der Waals surface area contributed by atoms with E-state index >= 15 is 0 Å². The predicted octanol–water partition coefficient (Wildman–Crippen LogP) is 3.71. The molecule has 0 aromatic heterocycles. The minimum Gasteiger partial charge on any atom is -0.399 e. The Morgan fingerprint density at radius 2 is 1.84 bits per heavy atom. The molecule has 1 unspecified atom stereocenters. The summed E-state index contributed by atoms with van der Waals surface area (Å²) in [5.41, 5.74) is 7.38. The number of amides is 1. The molecule has 1 aliphatic carbocycles. The average Bonchev–Trinajstić information content (AvgIpc) is 2.78. The second-order valence-electron chi connectivity index (χ2n) is 6.94. The molecule has 1 aromatic rings. The summed E-state index contributed by atoms with van der Waals surface area (Å²) in [6.45, 7) is 1.62. The third-order valence-electron chi connectivity index (χ3n) is 5.04. The van der Waals surface area contributed by atoms with E-state index in [9.17, 15) is 4.79 Å². The van der Waals surface area contributed by atoms with Crippen molar-refractivity contribution in [1.82, 2.24) is 4.90 Å². The van der Waals surface area contributed by atoms with Crippen molar-refractivity contribution in [3.05, 3.63) is 24.3 Å². The number of nitrogen functional groups attached to an aromatic ring is 1. The molecule has 2 fully saturated rings. The van der Waals surface area contributed by atoms with Crippen molar-refractivity contribution in [1.29, 1.82) is 0 Å². The number of carbonyl (C=O) groups excluding carboxylic acids is 1.